The van der Waals surface area contributed by atoms with Gasteiger partial charge in [0.15, 0.2) is 5.82 Å². The van der Waals surface area contributed by atoms with Crippen molar-refractivity contribution in [3.8, 4) is 0 Å². The van der Waals surface area contributed by atoms with Crippen LogP contribution in [0.15, 0.2) is 36.0 Å². The van der Waals surface area contributed by atoms with Crippen LogP contribution in [0.25, 0.3) is 0 Å². The summed E-state index contributed by atoms with van der Waals surface area (Å²) in [6.07, 6.45) is 4.64. The van der Waals surface area contributed by atoms with Crippen molar-refractivity contribution in [3.05, 3.63) is 57.8 Å². The number of anilines is 3. The maximum atomic E-state index is 7.71. The maximum Gasteiger partial charge on any atom is 0.165 e. The van der Waals surface area contributed by atoms with Crippen molar-refractivity contribution in [2.75, 3.05) is 30.0 Å². The van der Waals surface area contributed by atoms with Crippen molar-refractivity contribution >= 4 is 35.1 Å². The summed E-state index contributed by atoms with van der Waals surface area (Å²) in [5.74, 6) is 6.57. The van der Waals surface area contributed by atoms with Crippen LogP contribution in [0.1, 0.15) is 29.0 Å². The van der Waals surface area contributed by atoms with Gasteiger partial charge in [0, 0.05) is 36.9 Å². The lowest BCUT2D eigenvalue weighted by Gasteiger charge is -2.13. The Hall–Kier alpha value is -2.81. The highest BCUT2D eigenvalue weighted by Gasteiger charge is 2.17. The summed E-state index contributed by atoms with van der Waals surface area (Å²) in [6.45, 7) is 2.63. The van der Waals surface area contributed by atoms with E-state index in [1.807, 2.05) is 12.1 Å². The summed E-state index contributed by atoms with van der Waals surface area (Å²) in [6, 6.07) is 7.88. The lowest BCUT2D eigenvalue weighted by atomic mass is 9.96. The first kappa shape index (κ1) is 20.9. The van der Waals surface area contributed by atoms with Gasteiger partial charge in [-0.1, -0.05) is 17.7 Å². The van der Waals surface area contributed by atoms with Gasteiger partial charge in [-0.3, -0.25) is 0 Å². The molecule has 0 bridgehead atoms. The van der Waals surface area contributed by atoms with E-state index in [2.05, 4.69) is 27.1 Å². The Labute approximate surface area is 175 Å². The Bertz CT molecular complexity index is 906. The van der Waals surface area contributed by atoms with Gasteiger partial charge in [0.1, 0.15) is 5.82 Å². The van der Waals surface area contributed by atoms with Gasteiger partial charge < -0.3 is 32.9 Å². The summed E-state index contributed by atoms with van der Waals surface area (Å²) in [4.78, 5) is 4.04. The molecule has 2 heterocycles. The van der Waals surface area contributed by atoms with Gasteiger partial charge in [0.2, 0.25) is 0 Å². The molecule has 1 aliphatic rings. The summed E-state index contributed by atoms with van der Waals surface area (Å²) in [5, 5.41) is 15.1. The number of hydrogen-bond donors (Lipinski definition) is 7. The molecule has 1 saturated heterocycles. The number of nitrogens with zero attached hydrogens (tertiary/aromatic N) is 1. The fourth-order valence-electron chi connectivity index (χ4n) is 3.50. The summed E-state index contributed by atoms with van der Waals surface area (Å²) < 4.78 is 0. The first-order valence-corrected chi connectivity index (χ1v) is 9.82. The van der Waals surface area contributed by atoms with Crippen LogP contribution in [0.3, 0.4) is 0 Å². The molecule has 0 aliphatic carbocycles. The number of rotatable bonds is 8. The van der Waals surface area contributed by atoms with Gasteiger partial charge in [-0.15, -0.1) is 0 Å². The van der Waals surface area contributed by atoms with Gasteiger partial charge in [-0.25, -0.2) is 10.8 Å². The first-order chi connectivity index (χ1) is 14.0. The molecule has 29 heavy (non-hydrogen) atoms. The lowest BCUT2D eigenvalue weighted by Crippen LogP contribution is -2.14. The number of aromatic nitrogens is 1. The molecule has 0 saturated carbocycles. The molecule has 1 unspecified atom stereocenters. The molecular formula is C20H27ClN8. The molecule has 154 valence electrons. The second-order valence-corrected chi connectivity index (χ2v) is 7.55. The molecule has 1 aromatic carbocycles. The number of benzene rings is 1. The largest absolute Gasteiger partial charge is 0.395 e. The van der Waals surface area contributed by atoms with E-state index in [4.69, 9.17) is 34.3 Å². The number of pyridine rings is 1. The van der Waals surface area contributed by atoms with E-state index in [0.717, 1.165) is 41.2 Å². The van der Waals surface area contributed by atoms with Crippen molar-refractivity contribution in [2.24, 2.45) is 5.84 Å². The van der Waals surface area contributed by atoms with Gasteiger partial charge in [-0.2, -0.15) is 0 Å². The fraction of sp³-hybridized carbons (Fsp3) is 0.300. The van der Waals surface area contributed by atoms with Crippen molar-refractivity contribution in [1.82, 2.24) is 15.6 Å². The average Bonchev–Trinajstić information content (AvgIpc) is 3.24. The zero-order valence-electron chi connectivity index (χ0n) is 16.1. The Morgan fingerprint density at radius 3 is 2.83 bits per heavy atom. The van der Waals surface area contributed by atoms with Crippen molar-refractivity contribution in [2.45, 2.75) is 25.3 Å². The maximum absolute atomic E-state index is 7.71. The van der Waals surface area contributed by atoms with E-state index in [0.29, 0.717) is 36.2 Å². The lowest BCUT2D eigenvalue weighted by molar-refractivity contribution is 0.758. The predicted octanol–water partition coefficient (Wildman–Crippen LogP) is 2.13. The molecule has 8 nitrogen and oxygen atoms in total. The van der Waals surface area contributed by atoms with Crippen LogP contribution < -0.4 is 33.4 Å². The minimum atomic E-state index is 0.312. The van der Waals surface area contributed by atoms with Crippen molar-refractivity contribution in [3.63, 3.8) is 0 Å². The highest BCUT2D eigenvalue weighted by molar-refractivity contribution is 6.30. The Morgan fingerprint density at radius 1 is 1.31 bits per heavy atom. The molecule has 1 aliphatic heterocycles. The van der Waals surface area contributed by atoms with Crippen LogP contribution >= 0.6 is 11.6 Å². The standard InChI is InChI=1S/C20H27ClN8/c21-17-5-12(3-15(6-17)14-1-2-26-11-14)9-27-10-13(8-22)4-16-7-18(23)28-20(29-25)19(16)24/h3,5-8,10,14,22,26-27H,1-2,4,9,11,24-25H2,(H3,23,28,29)/b13-10-,22-8?. The monoisotopic (exact) mass is 414 g/mol. The van der Waals surface area contributed by atoms with E-state index in [-0.39, 0.29) is 0 Å². The minimum Gasteiger partial charge on any atom is -0.395 e. The number of nitrogens with one attached hydrogen (secondary N) is 4. The topological polar surface area (TPSA) is 151 Å². The molecule has 1 fully saturated rings. The molecule has 1 aromatic heterocycles. The number of nitrogens with two attached hydrogens (primary N) is 3. The van der Waals surface area contributed by atoms with E-state index >= 15 is 0 Å². The van der Waals surface area contributed by atoms with Crippen LogP contribution in [0.5, 0.6) is 0 Å². The fourth-order valence-corrected chi connectivity index (χ4v) is 3.77. The van der Waals surface area contributed by atoms with Crippen LogP contribution in [0.2, 0.25) is 5.02 Å². The number of hydrazine groups is 1. The Morgan fingerprint density at radius 2 is 2.14 bits per heavy atom. The Balaban J connectivity index is 1.69. The minimum absolute atomic E-state index is 0.312. The van der Waals surface area contributed by atoms with Gasteiger partial charge >= 0.3 is 0 Å². The third-order valence-electron chi connectivity index (χ3n) is 4.99. The van der Waals surface area contributed by atoms with E-state index in [1.165, 1.54) is 11.8 Å². The van der Waals surface area contributed by atoms with Gasteiger partial charge in [0.25, 0.3) is 0 Å². The molecule has 10 N–H and O–H groups in total. The second-order valence-electron chi connectivity index (χ2n) is 7.12. The smallest absolute Gasteiger partial charge is 0.165 e. The number of allylic oxidation sites excluding steroid dienone is 1. The first-order valence-electron chi connectivity index (χ1n) is 9.44. The number of hydrogen-bond acceptors (Lipinski definition) is 8. The van der Waals surface area contributed by atoms with Crippen LogP contribution in [-0.4, -0.2) is 24.3 Å². The highest BCUT2D eigenvalue weighted by atomic mass is 35.5. The number of halogens is 1. The average molecular weight is 415 g/mol. The number of nitrogen functional groups attached to an aromatic ring is 3. The summed E-state index contributed by atoms with van der Waals surface area (Å²) >= 11 is 6.32. The zero-order valence-corrected chi connectivity index (χ0v) is 16.9. The van der Waals surface area contributed by atoms with Crippen LogP contribution in [0, 0.1) is 5.41 Å². The Kier molecular flexibility index (Phi) is 6.92. The zero-order chi connectivity index (χ0) is 20.8. The molecule has 0 amide bonds. The second kappa shape index (κ2) is 9.60. The molecule has 2 aromatic rings. The highest BCUT2D eigenvalue weighted by Crippen LogP contribution is 2.27. The molecule has 1 atom stereocenters. The predicted molar refractivity (Wildman–Crippen MR) is 120 cm³/mol. The SMILES string of the molecule is N=C/C(=C\NCc1cc(Cl)cc(C2CCNC2)c1)Cc1cc(N)nc(NN)c1N. The van der Waals surface area contributed by atoms with Crippen molar-refractivity contribution in [1.29, 1.82) is 5.41 Å². The van der Waals surface area contributed by atoms with Crippen molar-refractivity contribution < 1.29 is 0 Å². The van der Waals surface area contributed by atoms with E-state index in [1.54, 1.807) is 12.3 Å². The molecule has 9 heteroatoms. The molecule has 3 rings (SSSR count). The van der Waals surface area contributed by atoms with E-state index < -0.39 is 0 Å². The molecule has 0 spiro atoms. The normalized spacial score (nSPS) is 16.6. The van der Waals surface area contributed by atoms with Crippen LogP contribution in [0.4, 0.5) is 17.3 Å². The third kappa shape index (κ3) is 5.38. The van der Waals surface area contributed by atoms with Crippen LogP contribution in [-0.2, 0) is 13.0 Å². The molecule has 0 radical (unpaired) electrons. The van der Waals surface area contributed by atoms with Gasteiger partial charge in [0.05, 0.1) is 5.69 Å². The van der Waals surface area contributed by atoms with Gasteiger partial charge in [-0.05, 0) is 59.3 Å². The molecular weight excluding hydrogens is 388 g/mol. The quantitative estimate of drug-likeness (QED) is 0.198. The third-order valence-corrected chi connectivity index (χ3v) is 5.20. The summed E-state index contributed by atoms with van der Waals surface area (Å²) in [7, 11) is 0. The van der Waals surface area contributed by atoms with E-state index in [9.17, 15) is 0 Å². The summed E-state index contributed by atoms with van der Waals surface area (Å²) in [5.41, 5.74) is 18.6.